The maximum absolute atomic E-state index is 9.79. The molecule has 0 aromatic carbocycles. The van der Waals surface area contributed by atoms with Gasteiger partial charge in [0.05, 0.1) is 6.10 Å². The van der Waals surface area contributed by atoms with Gasteiger partial charge in [-0.3, -0.25) is 4.90 Å². The highest BCUT2D eigenvalue weighted by molar-refractivity contribution is 5.85. The molecule has 1 unspecified atom stereocenters. The van der Waals surface area contributed by atoms with Gasteiger partial charge in [0.2, 0.25) is 0 Å². The molecule has 2 aliphatic heterocycles. The minimum Gasteiger partial charge on any atom is -0.390 e. The molecule has 3 atom stereocenters. The van der Waals surface area contributed by atoms with Crippen molar-refractivity contribution < 1.29 is 5.11 Å². The highest BCUT2D eigenvalue weighted by Crippen LogP contribution is 2.20. The largest absolute Gasteiger partial charge is 0.390 e. The molecule has 2 heterocycles. The number of likely N-dealkylation sites (tertiary alicyclic amines) is 1. The van der Waals surface area contributed by atoms with Crippen LogP contribution in [0.2, 0.25) is 0 Å². The Kier molecular flexibility index (Phi) is 5.33. The van der Waals surface area contributed by atoms with E-state index in [2.05, 4.69) is 17.1 Å². The summed E-state index contributed by atoms with van der Waals surface area (Å²) in [6.45, 7) is 6.43. The summed E-state index contributed by atoms with van der Waals surface area (Å²) in [6, 6.07) is 0.375. The molecule has 0 aliphatic carbocycles. The lowest BCUT2D eigenvalue weighted by molar-refractivity contribution is 0.0847. The van der Waals surface area contributed by atoms with Crippen LogP contribution in [0.4, 0.5) is 0 Å². The third kappa shape index (κ3) is 3.31. The summed E-state index contributed by atoms with van der Waals surface area (Å²) >= 11 is 0. The molecule has 2 N–H and O–H groups in total. The number of halogens is 1. The molecule has 0 radical (unpaired) electrons. The first-order valence-electron chi connectivity index (χ1n) is 5.90. The van der Waals surface area contributed by atoms with E-state index >= 15 is 0 Å². The van der Waals surface area contributed by atoms with Crippen molar-refractivity contribution in [2.45, 2.75) is 38.3 Å². The monoisotopic (exact) mass is 234 g/mol. The molecule has 2 aliphatic rings. The van der Waals surface area contributed by atoms with Gasteiger partial charge in [-0.05, 0) is 38.3 Å². The second kappa shape index (κ2) is 6.04. The average Bonchev–Trinajstić information content (AvgIpc) is 2.46. The average molecular weight is 235 g/mol. The van der Waals surface area contributed by atoms with E-state index in [9.17, 15) is 5.11 Å². The molecule has 0 spiro atoms. The summed E-state index contributed by atoms with van der Waals surface area (Å²) in [6.07, 6.45) is 3.80. The van der Waals surface area contributed by atoms with E-state index in [4.69, 9.17) is 0 Å². The zero-order valence-electron chi connectivity index (χ0n) is 9.48. The molecule has 4 heteroatoms. The van der Waals surface area contributed by atoms with Crippen LogP contribution in [-0.4, -0.2) is 48.3 Å². The van der Waals surface area contributed by atoms with Crippen LogP contribution >= 0.6 is 12.4 Å². The molecular formula is C11H23ClN2O. The minimum atomic E-state index is -0.150. The zero-order valence-corrected chi connectivity index (χ0v) is 10.3. The molecule has 0 saturated carbocycles. The number of nitrogens with zero attached hydrogens (tertiary/aromatic N) is 1. The molecule has 0 aromatic heterocycles. The van der Waals surface area contributed by atoms with Crippen LogP contribution in [0.25, 0.3) is 0 Å². The van der Waals surface area contributed by atoms with Gasteiger partial charge < -0.3 is 10.4 Å². The summed E-state index contributed by atoms with van der Waals surface area (Å²) in [5.74, 6) is 0.867. The van der Waals surface area contributed by atoms with Gasteiger partial charge in [-0.15, -0.1) is 12.4 Å². The fraction of sp³-hybridized carbons (Fsp3) is 1.00. The Balaban J connectivity index is 0.00000112. The predicted molar refractivity (Wildman–Crippen MR) is 64.5 cm³/mol. The molecule has 2 rings (SSSR count). The third-order valence-corrected chi connectivity index (χ3v) is 3.67. The molecule has 0 aromatic rings. The van der Waals surface area contributed by atoms with E-state index in [1.54, 1.807) is 0 Å². The molecule has 2 fully saturated rings. The number of β-amino-alcohol motifs (C(OH)–C–C–N with tert-alkyl or cyclic N) is 1. The smallest absolute Gasteiger partial charge is 0.0831 e. The second-order valence-corrected chi connectivity index (χ2v) is 4.86. The highest BCUT2D eigenvalue weighted by Gasteiger charge is 2.31. The van der Waals surface area contributed by atoms with Crippen molar-refractivity contribution >= 4 is 12.4 Å². The van der Waals surface area contributed by atoms with Gasteiger partial charge in [0.1, 0.15) is 0 Å². The van der Waals surface area contributed by atoms with E-state index in [1.165, 1.54) is 32.4 Å². The Morgan fingerprint density at radius 3 is 2.67 bits per heavy atom. The molecular weight excluding hydrogens is 212 g/mol. The SMILES string of the molecule is CC1CCCN([C@@H]2CNC[C@H]2O)CC1.Cl. The van der Waals surface area contributed by atoms with E-state index in [0.717, 1.165) is 19.0 Å². The summed E-state index contributed by atoms with van der Waals surface area (Å²) in [5.41, 5.74) is 0. The maximum Gasteiger partial charge on any atom is 0.0831 e. The van der Waals surface area contributed by atoms with E-state index < -0.39 is 0 Å². The van der Waals surface area contributed by atoms with Crippen LogP contribution in [0.3, 0.4) is 0 Å². The first-order chi connectivity index (χ1) is 6.77. The number of hydrogen-bond acceptors (Lipinski definition) is 3. The van der Waals surface area contributed by atoms with Crippen LogP contribution in [0.1, 0.15) is 26.2 Å². The van der Waals surface area contributed by atoms with E-state index in [1.807, 2.05) is 0 Å². The predicted octanol–water partition coefficient (Wildman–Crippen LogP) is 0.863. The Morgan fingerprint density at radius 2 is 2.00 bits per heavy atom. The maximum atomic E-state index is 9.79. The summed E-state index contributed by atoms with van der Waals surface area (Å²) in [7, 11) is 0. The fourth-order valence-electron chi connectivity index (χ4n) is 2.64. The van der Waals surface area contributed by atoms with Crippen LogP contribution in [0.5, 0.6) is 0 Å². The lowest BCUT2D eigenvalue weighted by atomic mass is 10.0. The van der Waals surface area contributed by atoms with Crippen molar-refractivity contribution in [2.24, 2.45) is 5.92 Å². The standard InChI is InChI=1S/C11H22N2O.ClH/c1-9-3-2-5-13(6-4-9)10-7-12-8-11(10)14;/h9-12,14H,2-8H2,1H3;1H/t9?,10-,11-;/m1./s1. The fourth-order valence-corrected chi connectivity index (χ4v) is 2.64. The van der Waals surface area contributed by atoms with Crippen molar-refractivity contribution in [1.82, 2.24) is 10.2 Å². The molecule has 90 valence electrons. The van der Waals surface area contributed by atoms with E-state index in [-0.39, 0.29) is 18.5 Å². The van der Waals surface area contributed by atoms with Crippen molar-refractivity contribution in [1.29, 1.82) is 0 Å². The van der Waals surface area contributed by atoms with Crippen molar-refractivity contribution in [3.05, 3.63) is 0 Å². The van der Waals surface area contributed by atoms with Crippen LogP contribution < -0.4 is 5.32 Å². The third-order valence-electron chi connectivity index (χ3n) is 3.67. The van der Waals surface area contributed by atoms with Gasteiger partial charge in [-0.25, -0.2) is 0 Å². The van der Waals surface area contributed by atoms with Gasteiger partial charge in [-0.1, -0.05) is 6.92 Å². The lowest BCUT2D eigenvalue weighted by Crippen LogP contribution is -2.43. The summed E-state index contributed by atoms with van der Waals surface area (Å²) in [5, 5.41) is 13.1. The van der Waals surface area contributed by atoms with Gasteiger partial charge in [-0.2, -0.15) is 0 Å². The van der Waals surface area contributed by atoms with Crippen molar-refractivity contribution in [3.63, 3.8) is 0 Å². The second-order valence-electron chi connectivity index (χ2n) is 4.86. The number of aliphatic hydroxyl groups is 1. The normalized spacial score (nSPS) is 38.4. The Bertz CT molecular complexity index is 191. The Hall–Kier alpha value is 0.170. The lowest BCUT2D eigenvalue weighted by Gasteiger charge is -2.28. The molecule has 3 nitrogen and oxygen atoms in total. The molecule has 2 saturated heterocycles. The minimum absolute atomic E-state index is 0. The van der Waals surface area contributed by atoms with Crippen molar-refractivity contribution in [3.8, 4) is 0 Å². The zero-order chi connectivity index (χ0) is 9.97. The number of rotatable bonds is 1. The quantitative estimate of drug-likeness (QED) is 0.707. The summed E-state index contributed by atoms with van der Waals surface area (Å²) in [4.78, 5) is 2.48. The van der Waals surface area contributed by atoms with Crippen LogP contribution in [0.15, 0.2) is 0 Å². The molecule has 0 bridgehead atoms. The number of aliphatic hydroxyl groups excluding tert-OH is 1. The van der Waals surface area contributed by atoms with Gasteiger partial charge in [0.25, 0.3) is 0 Å². The first kappa shape index (κ1) is 13.2. The molecule has 15 heavy (non-hydrogen) atoms. The number of nitrogens with one attached hydrogen (secondary N) is 1. The van der Waals surface area contributed by atoms with Gasteiger partial charge in [0.15, 0.2) is 0 Å². The highest BCUT2D eigenvalue weighted by atomic mass is 35.5. The Labute approximate surface area is 98.6 Å². The number of hydrogen-bond donors (Lipinski definition) is 2. The van der Waals surface area contributed by atoms with Crippen LogP contribution in [-0.2, 0) is 0 Å². The van der Waals surface area contributed by atoms with Crippen molar-refractivity contribution in [2.75, 3.05) is 26.2 Å². The van der Waals surface area contributed by atoms with Crippen LogP contribution in [0, 0.1) is 5.92 Å². The molecule has 0 amide bonds. The summed E-state index contributed by atoms with van der Waals surface area (Å²) < 4.78 is 0. The van der Waals surface area contributed by atoms with Gasteiger partial charge >= 0.3 is 0 Å². The topological polar surface area (TPSA) is 35.5 Å². The van der Waals surface area contributed by atoms with Gasteiger partial charge in [0, 0.05) is 19.1 Å². The van der Waals surface area contributed by atoms with E-state index in [0.29, 0.717) is 6.04 Å². The Morgan fingerprint density at radius 1 is 1.20 bits per heavy atom. The first-order valence-corrected chi connectivity index (χ1v) is 5.90.